The molecule has 0 radical (unpaired) electrons. The van der Waals surface area contributed by atoms with E-state index < -0.39 is 0 Å². The van der Waals surface area contributed by atoms with Crippen molar-refractivity contribution in [3.63, 3.8) is 0 Å². The van der Waals surface area contributed by atoms with Gasteiger partial charge in [0.2, 0.25) is 11.8 Å². The van der Waals surface area contributed by atoms with Crippen LogP contribution >= 0.6 is 24.2 Å². The number of nitrogens with one attached hydrogen (secondary N) is 1. The fraction of sp³-hybridized carbons (Fsp3) is 0.833. The third kappa shape index (κ3) is 6.49. The monoisotopic (exact) mass is 309 g/mol. The Morgan fingerprint density at radius 2 is 2.16 bits per heavy atom. The van der Waals surface area contributed by atoms with Crippen LogP contribution in [0.4, 0.5) is 0 Å². The SMILES string of the molecule is CSCC(=O)N1CCCCC1CNC(=O)CCN.Cl. The highest BCUT2D eigenvalue weighted by Gasteiger charge is 2.26. The van der Waals surface area contributed by atoms with Crippen molar-refractivity contribution in [3.05, 3.63) is 0 Å². The van der Waals surface area contributed by atoms with Crippen LogP contribution in [-0.4, -0.2) is 54.4 Å². The van der Waals surface area contributed by atoms with Gasteiger partial charge in [0.15, 0.2) is 0 Å². The molecule has 1 heterocycles. The van der Waals surface area contributed by atoms with Crippen LogP contribution in [0.15, 0.2) is 0 Å². The number of hydrogen-bond donors (Lipinski definition) is 2. The number of piperidine rings is 1. The quantitative estimate of drug-likeness (QED) is 0.754. The Morgan fingerprint density at radius 3 is 2.79 bits per heavy atom. The smallest absolute Gasteiger partial charge is 0.232 e. The zero-order valence-electron chi connectivity index (χ0n) is 11.4. The Labute approximate surface area is 125 Å². The number of carbonyl (C=O) groups excluding carboxylic acids is 2. The van der Waals surface area contributed by atoms with Crippen molar-refractivity contribution in [2.45, 2.75) is 31.7 Å². The lowest BCUT2D eigenvalue weighted by molar-refractivity contribution is -0.132. The van der Waals surface area contributed by atoms with E-state index in [9.17, 15) is 9.59 Å². The van der Waals surface area contributed by atoms with Crippen molar-refractivity contribution in [2.75, 3.05) is 31.6 Å². The van der Waals surface area contributed by atoms with E-state index >= 15 is 0 Å². The van der Waals surface area contributed by atoms with Gasteiger partial charge >= 0.3 is 0 Å². The summed E-state index contributed by atoms with van der Waals surface area (Å²) >= 11 is 1.54. The van der Waals surface area contributed by atoms with Gasteiger partial charge in [0.05, 0.1) is 5.75 Å². The average Bonchev–Trinajstić information content (AvgIpc) is 2.37. The minimum Gasteiger partial charge on any atom is -0.354 e. The number of halogens is 1. The fourth-order valence-electron chi connectivity index (χ4n) is 2.20. The van der Waals surface area contributed by atoms with Gasteiger partial charge in [0.25, 0.3) is 0 Å². The van der Waals surface area contributed by atoms with Gasteiger partial charge in [-0.05, 0) is 25.5 Å². The number of hydrogen-bond acceptors (Lipinski definition) is 4. The number of amides is 2. The van der Waals surface area contributed by atoms with Gasteiger partial charge in [-0.3, -0.25) is 9.59 Å². The molecular formula is C12H24ClN3O2S. The summed E-state index contributed by atoms with van der Waals surface area (Å²) in [6.45, 7) is 1.74. The summed E-state index contributed by atoms with van der Waals surface area (Å²) in [6.07, 6.45) is 5.45. The van der Waals surface area contributed by atoms with Gasteiger partial charge in [-0.15, -0.1) is 12.4 Å². The average molecular weight is 310 g/mol. The van der Waals surface area contributed by atoms with E-state index in [1.165, 1.54) is 0 Å². The molecule has 0 aromatic rings. The molecule has 112 valence electrons. The maximum atomic E-state index is 12.0. The van der Waals surface area contributed by atoms with Crippen molar-refractivity contribution >= 4 is 36.0 Å². The van der Waals surface area contributed by atoms with Gasteiger partial charge in [0, 0.05) is 32.1 Å². The first kappa shape index (κ1) is 18.5. The molecule has 0 saturated carbocycles. The predicted molar refractivity (Wildman–Crippen MR) is 81.7 cm³/mol. The first-order valence-corrected chi connectivity index (χ1v) is 7.83. The summed E-state index contributed by atoms with van der Waals surface area (Å²) in [5, 5.41) is 2.86. The van der Waals surface area contributed by atoms with Gasteiger partial charge in [-0.1, -0.05) is 0 Å². The van der Waals surface area contributed by atoms with Crippen LogP contribution in [0.1, 0.15) is 25.7 Å². The van der Waals surface area contributed by atoms with E-state index in [1.807, 2.05) is 11.2 Å². The second-order valence-corrected chi connectivity index (χ2v) is 5.38. The Kier molecular flexibility index (Phi) is 10.1. The molecule has 1 fully saturated rings. The zero-order chi connectivity index (χ0) is 13.4. The summed E-state index contributed by atoms with van der Waals surface area (Å²) in [5.74, 6) is 0.674. The third-order valence-corrected chi connectivity index (χ3v) is 3.66. The van der Waals surface area contributed by atoms with Gasteiger partial charge < -0.3 is 16.0 Å². The van der Waals surface area contributed by atoms with Gasteiger partial charge in [0.1, 0.15) is 0 Å². The molecule has 7 heteroatoms. The first-order valence-electron chi connectivity index (χ1n) is 6.44. The zero-order valence-corrected chi connectivity index (χ0v) is 13.0. The van der Waals surface area contributed by atoms with E-state index in [2.05, 4.69) is 5.32 Å². The van der Waals surface area contributed by atoms with Crippen LogP contribution in [0.25, 0.3) is 0 Å². The highest BCUT2D eigenvalue weighted by Crippen LogP contribution is 2.17. The predicted octanol–water partition coefficient (Wildman–Crippen LogP) is 0.617. The van der Waals surface area contributed by atoms with Crippen molar-refractivity contribution in [1.82, 2.24) is 10.2 Å². The number of thioether (sulfide) groups is 1. The summed E-state index contributed by atoms with van der Waals surface area (Å²) in [7, 11) is 0. The number of nitrogens with zero attached hydrogens (tertiary/aromatic N) is 1. The minimum atomic E-state index is -0.0275. The van der Waals surface area contributed by atoms with Crippen LogP contribution in [-0.2, 0) is 9.59 Å². The highest BCUT2D eigenvalue weighted by atomic mass is 35.5. The molecule has 1 rings (SSSR count). The topological polar surface area (TPSA) is 75.4 Å². The van der Waals surface area contributed by atoms with Gasteiger partial charge in [-0.2, -0.15) is 11.8 Å². The van der Waals surface area contributed by atoms with E-state index in [0.717, 1.165) is 25.8 Å². The summed E-state index contributed by atoms with van der Waals surface area (Å²) in [5.41, 5.74) is 5.33. The summed E-state index contributed by atoms with van der Waals surface area (Å²) in [4.78, 5) is 25.3. The molecule has 0 spiro atoms. The number of carbonyl (C=O) groups is 2. The molecule has 1 aliphatic rings. The molecule has 5 nitrogen and oxygen atoms in total. The molecule has 1 unspecified atom stereocenters. The van der Waals surface area contributed by atoms with Crippen molar-refractivity contribution in [3.8, 4) is 0 Å². The lowest BCUT2D eigenvalue weighted by Crippen LogP contribution is -2.50. The molecule has 0 aliphatic carbocycles. The van der Waals surface area contributed by atoms with Crippen LogP contribution in [0.3, 0.4) is 0 Å². The normalized spacial score (nSPS) is 18.6. The van der Waals surface area contributed by atoms with Crippen molar-refractivity contribution in [1.29, 1.82) is 0 Å². The second kappa shape index (κ2) is 10.3. The van der Waals surface area contributed by atoms with Crippen molar-refractivity contribution < 1.29 is 9.59 Å². The fourth-order valence-corrected chi connectivity index (χ4v) is 2.61. The molecule has 19 heavy (non-hydrogen) atoms. The molecule has 1 atom stereocenters. The van der Waals surface area contributed by atoms with Crippen LogP contribution in [0.2, 0.25) is 0 Å². The largest absolute Gasteiger partial charge is 0.354 e. The van der Waals surface area contributed by atoms with Gasteiger partial charge in [-0.25, -0.2) is 0 Å². The first-order chi connectivity index (χ1) is 8.69. The Hall–Kier alpha value is -0.460. The Bertz CT molecular complexity index is 292. The molecular weight excluding hydrogens is 286 g/mol. The van der Waals surface area contributed by atoms with E-state index in [4.69, 9.17) is 5.73 Å². The van der Waals surface area contributed by atoms with Crippen LogP contribution < -0.4 is 11.1 Å². The molecule has 2 amide bonds. The summed E-state index contributed by atoms with van der Waals surface area (Å²) in [6, 6.07) is 0.153. The molecule has 1 saturated heterocycles. The van der Waals surface area contributed by atoms with E-state index in [-0.39, 0.29) is 30.3 Å². The Balaban J connectivity index is 0.00000324. The summed E-state index contributed by atoms with van der Waals surface area (Å²) < 4.78 is 0. The third-order valence-electron chi connectivity index (χ3n) is 3.12. The molecule has 3 N–H and O–H groups in total. The second-order valence-electron chi connectivity index (χ2n) is 4.51. The molecule has 1 aliphatic heterocycles. The lowest BCUT2D eigenvalue weighted by atomic mass is 10.0. The number of nitrogens with two attached hydrogens (primary N) is 1. The van der Waals surface area contributed by atoms with E-state index in [1.54, 1.807) is 11.8 Å². The number of rotatable bonds is 6. The Morgan fingerprint density at radius 1 is 1.42 bits per heavy atom. The highest BCUT2D eigenvalue weighted by molar-refractivity contribution is 7.99. The van der Waals surface area contributed by atoms with Crippen LogP contribution in [0, 0.1) is 0 Å². The lowest BCUT2D eigenvalue weighted by Gasteiger charge is -2.35. The number of likely N-dealkylation sites (tertiary alicyclic amines) is 1. The van der Waals surface area contributed by atoms with Crippen LogP contribution in [0.5, 0.6) is 0 Å². The minimum absolute atomic E-state index is 0. The molecule has 0 aromatic heterocycles. The van der Waals surface area contributed by atoms with Crippen molar-refractivity contribution in [2.24, 2.45) is 5.73 Å². The molecule has 0 aromatic carbocycles. The standard InChI is InChI=1S/C12H23N3O2S.ClH/c1-18-9-12(17)15-7-3-2-4-10(15)8-14-11(16)5-6-13;/h10H,2-9,13H2,1H3,(H,14,16);1H. The van der Waals surface area contributed by atoms with E-state index in [0.29, 0.717) is 25.3 Å². The maximum absolute atomic E-state index is 12.0. The maximum Gasteiger partial charge on any atom is 0.232 e. The molecule has 0 bridgehead atoms.